The van der Waals surface area contributed by atoms with Gasteiger partial charge in [0.15, 0.2) is 5.69 Å². The highest BCUT2D eigenvalue weighted by Crippen LogP contribution is 2.15. The van der Waals surface area contributed by atoms with Crippen LogP contribution < -0.4 is 5.32 Å². The molecule has 1 amide bonds. The minimum atomic E-state index is -0.251. The van der Waals surface area contributed by atoms with Crippen molar-refractivity contribution in [1.82, 2.24) is 25.3 Å². The van der Waals surface area contributed by atoms with Crippen LogP contribution in [0.5, 0.6) is 0 Å². The Hall–Kier alpha value is -3.32. The molecular weight excluding hydrogens is 382 g/mol. The van der Waals surface area contributed by atoms with E-state index in [2.05, 4.69) is 45.7 Å². The normalized spacial score (nSPS) is 10.8. The number of hydrogen-bond donors (Lipinski definition) is 1. The zero-order valence-corrected chi connectivity index (χ0v) is 16.9. The summed E-state index contributed by atoms with van der Waals surface area (Å²) >= 11 is 1.60. The SMILES string of the molecule is Cc1ccccc1Cn1cc(C(=O)NCc2csc(Cc3ccccc3)n2)nn1. The van der Waals surface area contributed by atoms with Crippen LogP contribution in [0.2, 0.25) is 0 Å². The van der Waals surface area contributed by atoms with Crippen molar-refractivity contribution < 1.29 is 4.79 Å². The highest BCUT2D eigenvalue weighted by Gasteiger charge is 2.12. The van der Waals surface area contributed by atoms with Crippen LogP contribution in [0, 0.1) is 6.92 Å². The second kappa shape index (κ2) is 8.79. The molecule has 29 heavy (non-hydrogen) atoms. The standard InChI is InChI=1S/C22H21N5OS/c1-16-7-5-6-10-18(16)13-27-14-20(25-26-27)22(28)23-12-19-15-29-21(24-19)11-17-8-3-2-4-9-17/h2-10,14-15H,11-13H2,1H3,(H,23,28). The van der Waals surface area contributed by atoms with Crippen molar-refractivity contribution in [1.29, 1.82) is 0 Å². The van der Waals surface area contributed by atoms with E-state index in [9.17, 15) is 4.79 Å². The predicted octanol–water partition coefficient (Wildman–Crippen LogP) is 3.61. The summed E-state index contributed by atoms with van der Waals surface area (Å²) in [5.74, 6) is -0.251. The van der Waals surface area contributed by atoms with Gasteiger partial charge in [-0.1, -0.05) is 59.8 Å². The predicted molar refractivity (Wildman–Crippen MR) is 113 cm³/mol. The number of nitrogens with one attached hydrogen (secondary N) is 1. The Morgan fingerprint density at radius 1 is 1.10 bits per heavy atom. The van der Waals surface area contributed by atoms with E-state index in [0.717, 1.165) is 22.7 Å². The summed E-state index contributed by atoms with van der Waals surface area (Å²) in [6.07, 6.45) is 2.47. The van der Waals surface area contributed by atoms with Crippen LogP contribution in [0.3, 0.4) is 0 Å². The third-order valence-electron chi connectivity index (χ3n) is 4.59. The number of carbonyl (C=O) groups excluding carboxylic acids is 1. The molecule has 0 radical (unpaired) electrons. The average molecular weight is 404 g/mol. The summed E-state index contributed by atoms with van der Waals surface area (Å²) < 4.78 is 1.68. The van der Waals surface area contributed by atoms with Gasteiger partial charge in [-0.05, 0) is 23.6 Å². The lowest BCUT2D eigenvalue weighted by Crippen LogP contribution is -2.23. The average Bonchev–Trinajstić information content (AvgIpc) is 3.38. The molecule has 0 unspecified atom stereocenters. The van der Waals surface area contributed by atoms with E-state index < -0.39 is 0 Å². The number of thiazole rings is 1. The van der Waals surface area contributed by atoms with Crippen LogP contribution in [-0.4, -0.2) is 25.9 Å². The molecule has 0 saturated heterocycles. The van der Waals surface area contributed by atoms with Crippen LogP contribution >= 0.6 is 11.3 Å². The summed E-state index contributed by atoms with van der Waals surface area (Å²) in [6, 6.07) is 18.3. The topological polar surface area (TPSA) is 72.7 Å². The molecule has 2 aromatic heterocycles. The molecule has 0 saturated carbocycles. The van der Waals surface area contributed by atoms with Gasteiger partial charge in [0.05, 0.1) is 30.0 Å². The molecule has 0 atom stereocenters. The maximum Gasteiger partial charge on any atom is 0.273 e. The van der Waals surface area contributed by atoms with Crippen molar-refractivity contribution in [2.45, 2.75) is 26.4 Å². The van der Waals surface area contributed by atoms with E-state index in [1.807, 2.05) is 41.8 Å². The quantitative estimate of drug-likeness (QED) is 0.512. The number of benzene rings is 2. The number of amides is 1. The van der Waals surface area contributed by atoms with Crippen molar-refractivity contribution in [3.63, 3.8) is 0 Å². The van der Waals surface area contributed by atoms with E-state index >= 15 is 0 Å². The number of aryl methyl sites for hydroxylation is 1. The minimum absolute atomic E-state index is 0.251. The van der Waals surface area contributed by atoms with Crippen LogP contribution in [0.15, 0.2) is 66.2 Å². The Morgan fingerprint density at radius 3 is 2.72 bits per heavy atom. The highest BCUT2D eigenvalue weighted by atomic mass is 32.1. The molecule has 146 valence electrons. The van der Waals surface area contributed by atoms with E-state index in [1.54, 1.807) is 22.2 Å². The van der Waals surface area contributed by atoms with Gasteiger partial charge in [0.25, 0.3) is 5.91 Å². The maximum atomic E-state index is 12.4. The maximum absolute atomic E-state index is 12.4. The molecule has 0 fully saturated rings. The van der Waals surface area contributed by atoms with Gasteiger partial charge < -0.3 is 5.32 Å². The van der Waals surface area contributed by atoms with Crippen molar-refractivity contribution in [2.24, 2.45) is 0 Å². The number of nitrogens with zero attached hydrogens (tertiary/aromatic N) is 4. The number of carbonyl (C=O) groups is 1. The summed E-state index contributed by atoms with van der Waals surface area (Å²) in [5.41, 5.74) is 4.71. The van der Waals surface area contributed by atoms with E-state index in [0.29, 0.717) is 18.8 Å². The van der Waals surface area contributed by atoms with Crippen LogP contribution in [0.4, 0.5) is 0 Å². The molecule has 0 aliphatic carbocycles. The Kier molecular flexibility index (Phi) is 5.76. The molecule has 6 nitrogen and oxygen atoms in total. The largest absolute Gasteiger partial charge is 0.345 e. The number of hydrogen-bond acceptors (Lipinski definition) is 5. The lowest BCUT2D eigenvalue weighted by atomic mass is 10.1. The Morgan fingerprint density at radius 2 is 1.90 bits per heavy atom. The van der Waals surface area contributed by atoms with Crippen molar-refractivity contribution >= 4 is 17.2 Å². The summed E-state index contributed by atoms with van der Waals surface area (Å²) in [6.45, 7) is 3.01. The van der Waals surface area contributed by atoms with Gasteiger partial charge in [-0.3, -0.25) is 4.79 Å². The van der Waals surface area contributed by atoms with E-state index in [4.69, 9.17) is 0 Å². The van der Waals surface area contributed by atoms with Gasteiger partial charge in [-0.2, -0.15) is 0 Å². The Labute approximate surface area is 173 Å². The van der Waals surface area contributed by atoms with Gasteiger partial charge in [0, 0.05) is 11.8 Å². The summed E-state index contributed by atoms with van der Waals surface area (Å²) in [7, 11) is 0. The molecule has 4 aromatic rings. The first-order chi connectivity index (χ1) is 14.2. The molecule has 2 aromatic carbocycles. The minimum Gasteiger partial charge on any atom is -0.345 e. The van der Waals surface area contributed by atoms with Crippen molar-refractivity contribution in [3.8, 4) is 0 Å². The lowest BCUT2D eigenvalue weighted by Gasteiger charge is -2.04. The number of rotatable bonds is 7. The van der Waals surface area contributed by atoms with Crippen molar-refractivity contribution in [3.05, 3.63) is 99.3 Å². The molecule has 2 heterocycles. The van der Waals surface area contributed by atoms with Gasteiger partial charge in [0.1, 0.15) is 0 Å². The summed E-state index contributed by atoms with van der Waals surface area (Å²) in [5, 5.41) is 14.0. The second-order valence-corrected chi connectivity index (χ2v) is 7.75. The third kappa shape index (κ3) is 4.94. The monoisotopic (exact) mass is 403 g/mol. The van der Waals surface area contributed by atoms with Crippen LogP contribution in [0.25, 0.3) is 0 Å². The van der Waals surface area contributed by atoms with Crippen molar-refractivity contribution in [2.75, 3.05) is 0 Å². The van der Waals surface area contributed by atoms with Gasteiger partial charge in [0.2, 0.25) is 0 Å². The van der Waals surface area contributed by atoms with E-state index in [1.165, 1.54) is 11.1 Å². The van der Waals surface area contributed by atoms with Gasteiger partial charge in [-0.15, -0.1) is 16.4 Å². The zero-order chi connectivity index (χ0) is 20.1. The second-order valence-electron chi connectivity index (χ2n) is 6.81. The Balaban J connectivity index is 1.32. The molecule has 7 heteroatoms. The number of aromatic nitrogens is 4. The van der Waals surface area contributed by atoms with Crippen LogP contribution in [-0.2, 0) is 19.5 Å². The molecule has 0 aliphatic heterocycles. The first kappa shape index (κ1) is 19.0. The molecule has 0 bridgehead atoms. The highest BCUT2D eigenvalue weighted by molar-refractivity contribution is 7.09. The first-order valence-corrected chi connectivity index (χ1v) is 10.3. The first-order valence-electron chi connectivity index (χ1n) is 9.37. The molecule has 0 aliphatic rings. The van der Waals surface area contributed by atoms with Crippen LogP contribution in [0.1, 0.15) is 37.9 Å². The fraction of sp³-hybridized carbons (Fsp3) is 0.182. The molecule has 0 spiro atoms. The van der Waals surface area contributed by atoms with Gasteiger partial charge >= 0.3 is 0 Å². The fourth-order valence-corrected chi connectivity index (χ4v) is 3.81. The lowest BCUT2D eigenvalue weighted by molar-refractivity contribution is 0.0945. The smallest absolute Gasteiger partial charge is 0.273 e. The Bertz CT molecular complexity index is 1100. The fourth-order valence-electron chi connectivity index (χ4n) is 2.98. The van der Waals surface area contributed by atoms with Gasteiger partial charge in [-0.25, -0.2) is 9.67 Å². The molecular formula is C22H21N5OS. The molecule has 4 rings (SSSR count). The summed E-state index contributed by atoms with van der Waals surface area (Å²) in [4.78, 5) is 17.0. The zero-order valence-electron chi connectivity index (χ0n) is 16.1. The molecule has 1 N–H and O–H groups in total. The van der Waals surface area contributed by atoms with E-state index in [-0.39, 0.29) is 5.91 Å². The third-order valence-corrected chi connectivity index (χ3v) is 5.49.